The molecule has 1 saturated carbocycles. The third-order valence-electron chi connectivity index (χ3n) is 6.68. The summed E-state index contributed by atoms with van der Waals surface area (Å²) in [5.74, 6) is 1.46. The molecule has 7 heteroatoms. The van der Waals surface area contributed by atoms with E-state index in [9.17, 15) is 4.79 Å². The van der Waals surface area contributed by atoms with Crippen molar-refractivity contribution >= 4 is 28.5 Å². The van der Waals surface area contributed by atoms with E-state index in [0.29, 0.717) is 30.7 Å². The third-order valence-corrected chi connectivity index (χ3v) is 7.73. The lowest BCUT2D eigenvalue weighted by molar-refractivity contribution is 0.0904. The number of amides is 1. The summed E-state index contributed by atoms with van der Waals surface area (Å²) in [5.41, 5.74) is 3.78. The molecule has 1 aromatic heterocycles. The molecule has 2 heterocycles. The molecule has 0 bridgehead atoms. The van der Waals surface area contributed by atoms with Crippen LogP contribution in [0.25, 0.3) is 0 Å². The van der Waals surface area contributed by atoms with E-state index in [2.05, 4.69) is 74.8 Å². The number of hydrogen-bond acceptors (Lipinski definition) is 5. The first-order valence-electron chi connectivity index (χ1n) is 12.1. The second-order valence-electron chi connectivity index (χ2n) is 9.26. The van der Waals surface area contributed by atoms with Crippen molar-refractivity contribution in [3.63, 3.8) is 0 Å². The molecule has 1 amide bonds. The summed E-state index contributed by atoms with van der Waals surface area (Å²) < 4.78 is 12.6. The van der Waals surface area contributed by atoms with Crippen LogP contribution in [0.5, 0.6) is 0 Å². The van der Waals surface area contributed by atoms with Gasteiger partial charge in [-0.05, 0) is 90.0 Å². The van der Waals surface area contributed by atoms with Gasteiger partial charge in [0.15, 0.2) is 5.69 Å². The monoisotopic (exact) mass is 571 g/mol. The number of rotatable bonds is 9. The number of halogens is 1. The maximum atomic E-state index is 13.1. The minimum absolute atomic E-state index is 0.0781. The predicted molar refractivity (Wildman–Crippen MR) is 138 cm³/mol. The Morgan fingerprint density at radius 2 is 1.91 bits per heavy atom. The van der Waals surface area contributed by atoms with Crippen LogP contribution < -0.4 is 10.6 Å². The maximum Gasteiger partial charge on any atom is 0.273 e. The minimum atomic E-state index is -0.167. The second-order valence-corrected chi connectivity index (χ2v) is 10.4. The van der Waals surface area contributed by atoms with Gasteiger partial charge in [0.05, 0.1) is 19.3 Å². The Morgan fingerprint density at radius 3 is 2.71 bits per heavy atom. The molecule has 2 aliphatic rings. The molecular weight excluding hydrogens is 541 g/mol. The van der Waals surface area contributed by atoms with Gasteiger partial charge in [-0.2, -0.15) is 0 Å². The van der Waals surface area contributed by atoms with Crippen molar-refractivity contribution in [3.8, 4) is 0 Å². The standard InChI is InChI=1S/C27H30IN3O3/c28-23-7-2-1-5-22(23)17-33-16-18-4-3-6-21(14-18)26(20-10-12-29-13-11-20)30-27(32)24-15-25(34-31-24)19-8-9-19/h1-7,14-15,19-20,26,29H,8-13,16-17H2,(H,30,32). The lowest BCUT2D eigenvalue weighted by Gasteiger charge is -2.31. The smallest absolute Gasteiger partial charge is 0.273 e. The normalized spacial score (nSPS) is 17.4. The molecule has 2 fully saturated rings. The van der Waals surface area contributed by atoms with E-state index in [1.54, 1.807) is 0 Å². The zero-order valence-corrected chi connectivity index (χ0v) is 21.3. The predicted octanol–water partition coefficient (Wildman–Crippen LogP) is 5.34. The van der Waals surface area contributed by atoms with Crippen LogP contribution >= 0.6 is 22.6 Å². The van der Waals surface area contributed by atoms with Gasteiger partial charge in [-0.1, -0.05) is 47.6 Å². The lowest BCUT2D eigenvalue weighted by atomic mass is 9.85. The molecule has 1 aliphatic heterocycles. The molecule has 2 aromatic carbocycles. The third kappa shape index (κ3) is 5.87. The quantitative estimate of drug-likeness (QED) is 0.339. The average Bonchev–Trinajstić information content (AvgIpc) is 3.60. The molecular formula is C27H30IN3O3. The molecule has 1 atom stereocenters. The van der Waals surface area contributed by atoms with Gasteiger partial charge >= 0.3 is 0 Å². The number of ether oxygens (including phenoxy) is 1. The van der Waals surface area contributed by atoms with Crippen LogP contribution in [0.3, 0.4) is 0 Å². The van der Waals surface area contributed by atoms with Crippen molar-refractivity contribution in [1.82, 2.24) is 15.8 Å². The van der Waals surface area contributed by atoms with Crippen LogP contribution in [0.1, 0.15) is 70.6 Å². The number of benzene rings is 2. The van der Waals surface area contributed by atoms with Gasteiger partial charge in [0.1, 0.15) is 5.76 Å². The van der Waals surface area contributed by atoms with Gasteiger partial charge < -0.3 is 19.9 Å². The fraction of sp³-hybridized carbons (Fsp3) is 0.407. The fourth-order valence-corrected chi connectivity index (χ4v) is 5.14. The molecule has 6 nitrogen and oxygen atoms in total. The van der Waals surface area contributed by atoms with Gasteiger partial charge in [-0.3, -0.25) is 4.79 Å². The number of piperidine rings is 1. The Balaban J connectivity index is 1.29. The highest BCUT2D eigenvalue weighted by molar-refractivity contribution is 14.1. The summed E-state index contributed by atoms with van der Waals surface area (Å²) in [4.78, 5) is 13.1. The lowest BCUT2D eigenvalue weighted by Crippen LogP contribution is -2.39. The van der Waals surface area contributed by atoms with Gasteiger partial charge in [0, 0.05) is 15.6 Å². The highest BCUT2D eigenvalue weighted by Crippen LogP contribution is 2.40. The van der Waals surface area contributed by atoms with Crippen LogP contribution in [-0.4, -0.2) is 24.2 Å². The number of nitrogens with one attached hydrogen (secondary N) is 2. The largest absolute Gasteiger partial charge is 0.372 e. The highest BCUT2D eigenvalue weighted by atomic mass is 127. The average molecular weight is 571 g/mol. The summed E-state index contributed by atoms with van der Waals surface area (Å²) in [5, 5.41) is 10.7. The molecule has 178 valence electrons. The molecule has 34 heavy (non-hydrogen) atoms. The van der Waals surface area contributed by atoms with Crippen molar-refractivity contribution in [2.24, 2.45) is 5.92 Å². The summed E-state index contributed by atoms with van der Waals surface area (Å²) in [6.45, 7) is 3.03. The number of carbonyl (C=O) groups is 1. The zero-order chi connectivity index (χ0) is 23.3. The first-order chi connectivity index (χ1) is 16.7. The van der Waals surface area contributed by atoms with Crippen molar-refractivity contribution in [2.45, 2.75) is 50.9 Å². The van der Waals surface area contributed by atoms with Crippen LogP contribution in [0.4, 0.5) is 0 Å². The van der Waals surface area contributed by atoms with Crippen LogP contribution in [0, 0.1) is 9.49 Å². The Hall–Kier alpha value is -2.23. The minimum Gasteiger partial charge on any atom is -0.372 e. The maximum absolute atomic E-state index is 13.1. The van der Waals surface area contributed by atoms with E-state index >= 15 is 0 Å². The molecule has 5 rings (SSSR count). The number of nitrogens with zero attached hydrogens (tertiary/aromatic N) is 1. The first-order valence-corrected chi connectivity index (χ1v) is 13.1. The van der Waals surface area contributed by atoms with Crippen LogP contribution in [-0.2, 0) is 18.0 Å². The van der Waals surface area contributed by atoms with Gasteiger partial charge in [-0.15, -0.1) is 0 Å². The summed E-state index contributed by atoms with van der Waals surface area (Å²) >= 11 is 2.34. The Morgan fingerprint density at radius 1 is 1.09 bits per heavy atom. The number of aromatic nitrogens is 1. The molecule has 3 aromatic rings. The zero-order valence-electron chi connectivity index (χ0n) is 19.1. The van der Waals surface area contributed by atoms with Crippen molar-refractivity contribution in [1.29, 1.82) is 0 Å². The summed E-state index contributed by atoms with van der Waals surface area (Å²) in [7, 11) is 0. The Labute approximate surface area is 214 Å². The Kier molecular flexibility index (Phi) is 7.61. The van der Waals surface area contributed by atoms with E-state index in [0.717, 1.165) is 55.7 Å². The van der Waals surface area contributed by atoms with Gasteiger partial charge in [0.2, 0.25) is 0 Å². The number of carbonyl (C=O) groups excluding carboxylic acids is 1. The summed E-state index contributed by atoms with van der Waals surface area (Å²) in [6, 6.07) is 18.4. The molecule has 0 spiro atoms. The van der Waals surface area contributed by atoms with Gasteiger partial charge in [0.25, 0.3) is 5.91 Å². The van der Waals surface area contributed by atoms with Crippen molar-refractivity contribution < 1.29 is 14.1 Å². The van der Waals surface area contributed by atoms with E-state index in [1.165, 1.54) is 9.13 Å². The molecule has 1 saturated heterocycles. The first kappa shape index (κ1) is 23.5. The van der Waals surface area contributed by atoms with Crippen LogP contribution in [0.15, 0.2) is 59.1 Å². The molecule has 1 aliphatic carbocycles. The second kappa shape index (κ2) is 11.0. The van der Waals surface area contributed by atoms with Crippen LogP contribution in [0.2, 0.25) is 0 Å². The molecule has 2 N–H and O–H groups in total. The van der Waals surface area contributed by atoms with Gasteiger partial charge in [-0.25, -0.2) is 0 Å². The van der Waals surface area contributed by atoms with Crippen molar-refractivity contribution in [3.05, 3.63) is 86.3 Å². The fourth-order valence-electron chi connectivity index (χ4n) is 4.59. The summed E-state index contributed by atoms with van der Waals surface area (Å²) in [6.07, 6.45) is 4.27. The molecule has 0 radical (unpaired) electrons. The van der Waals surface area contributed by atoms with E-state index in [1.807, 2.05) is 18.2 Å². The van der Waals surface area contributed by atoms with Crippen molar-refractivity contribution in [2.75, 3.05) is 13.1 Å². The SMILES string of the molecule is O=C(NC(c1cccc(COCc2ccccc2I)c1)C1CCNCC1)c1cc(C2CC2)on1. The topological polar surface area (TPSA) is 76.4 Å². The van der Waals surface area contributed by atoms with E-state index in [4.69, 9.17) is 9.26 Å². The molecule has 1 unspecified atom stereocenters. The van der Waals surface area contributed by atoms with E-state index < -0.39 is 0 Å². The highest BCUT2D eigenvalue weighted by Gasteiger charge is 2.31. The van der Waals surface area contributed by atoms with E-state index in [-0.39, 0.29) is 11.9 Å². The number of hydrogen-bond donors (Lipinski definition) is 2. The Bertz CT molecular complexity index is 1120.